The third-order valence-electron chi connectivity index (χ3n) is 4.97. The average molecular weight is 419 g/mol. The Balaban J connectivity index is 2.17. The molecule has 0 spiro atoms. The zero-order chi connectivity index (χ0) is 22.4. The largest absolute Gasteiger partial charge is 0.462 e. The molecule has 2 aromatic carbocycles. The molecule has 0 saturated carbocycles. The third-order valence-corrected chi connectivity index (χ3v) is 4.97. The van der Waals surface area contributed by atoms with E-state index < -0.39 is 17.4 Å². The van der Waals surface area contributed by atoms with Crippen molar-refractivity contribution in [3.05, 3.63) is 81.7 Å². The van der Waals surface area contributed by atoms with Gasteiger partial charge in [0.15, 0.2) is 5.78 Å². The minimum absolute atomic E-state index is 0.0677. The molecule has 1 aromatic heterocycles. The van der Waals surface area contributed by atoms with E-state index in [0.29, 0.717) is 5.39 Å². The number of hydrogen-bond donors (Lipinski definition) is 0. The highest BCUT2D eigenvalue weighted by Gasteiger charge is 2.26. The summed E-state index contributed by atoms with van der Waals surface area (Å²) in [6.45, 7) is 7.38. The van der Waals surface area contributed by atoms with Gasteiger partial charge >= 0.3 is 11.6 Å². The van der Waals surface area contributed by atoms with Gasteiger partial charge in [-0.3, -0.25) is 4.79 Å². The summed E-state index contributed by atoms with van der Waals surface area (Å²) in [6, 6.07) is 14.4. The number of rotatable bonds is 8. The molecule has 0 N–H and O–H groups in total. The summed E-state index contributed by atoms with van der Waals surface area (Å²) < 4.78 is 10.6. The van der Waals surface area contributed by atoms with Crippen molar-refractivity contribution >= 4 is 34.5 Å². The van der Waals surface area contributed by atoms with Crippen LogP contribution in [0.15, 0.2) is 63.8 Å². The number of benzene rings is 2. The standard InChI is InChI=1S/C25H25NO5/c1-4-26(5-2)18-13-14-19-21(16-18)31-25(29)23(22(19)24(28)30-6-3)20(27)15-12-17-10-8-7-9-11-17/h7-16H,4-6H2,1-3H3. The number of carbonyl (C=O) groups is 2. The number of allylic oxidation sites excluding steroid dienone is 1. The summed E-state index contributed by atoms with van der Waals surface area (Å²) in [5.41, 5.74) is 0.632. The number of carbonyl (C=O) groups excluding carboxylic acids is 2. The third kappa shape index (κ3) is 4.74. The van der Waals surface area contributed by atoms with Crippen molar-refractivity contribution in [1.82, 2.24) is 0 Å². The molecule has 6 heteroatoms. The molecule has 0 aliphatic carbocycles. The molecule has 31 heavy (non-hydrogen) atoms. The maximum atomic E-state index is 12.9. The van der Waals surface area contributed by atoms with Crippen molar-refractivity contribution in [3.63, 3.8) is 0 Å². The van der Waals surface area contributed by atoms with Crippen molar-refractivity contribution < 1.29 is 18.7 Å². The first kappa shape index (κ1) is 22.0. The van der Waals surface area contributed by atoms with Crippen molar-refractivity contribution in [3.8, 4) is 0 Å². The Kier molecular flexibility index (Phi) is 7.03. The van der Waals surface area contributed by atoms with Crippen molar-refractivity contribution in [2.75, 3.05) is 24.6 Å². The molecule has 0 bridgehead atoms. The van der Waals surface area contributed by atoms with Gasteiger partial charge in [0.1, 0.15) is 11.1 Å². The Morgan fingerprint density at radius 2 is 1.71 bits per heavy atom. The van der Waals surface area contributed by atoms with Gasteiger partial charge in [-0.05, 0) is 44.5 Å². The van der Waals surface area contributed by atoms with Crippen LogP contribution in [0.2, 0.25) is 0 Å². The summed E-state index contributed by atoms with van der Waals surface area (Å²) in [5, 5.41) is 0.366. The fourth-order valence-electron chi connectivity index (χ4n) is 3.43. The SMILES string of the molecule is CCOC(=O)c1c(C(=O)C=Cc2ccccc2)c(=O)oc2cc(N(CC)CC)ccc12. The molecule has 0 radical (unpaired) electrons. The van der Waals surface area contributed by atoms with Gasteiger partial charge in [0.05, 0.1) is 12.2 Å². The van der Waals surface area contributed by atoms with E-state index in [2.05, 4.69) is 4.90 Å². The van der Waals surface area contributed by atoms with Gasteiger partial charge in [0.25, 0.3) is 0 Å². The van der Waals surface area contributed by atoms with Crippen LogP contribution in [0.3, 0.4) is 0 Å². The van der Waals surface area contributed by atoms with Crippen LogP contribution in [0.25, 0.3) is 17.0 Å². The van der Waals surface area contributed by atoms with E-state index in [4.69, 9.17) is 9.15 Å². The number of ether oxygens (including phenoxy) is 1. The quantitative estimate of drug-likeness (QED) is 0.228. The maximum Gasteiger partial charge on any atom is 0.348 e. The minimum Gasteiger partial charge on any atom is -0.462 e. The molecule has 0 aliphatic heterocycles. The fourth-order valence-corrected chi connectivity index (χ4v) is 3.43. The zero-order valence-electron chi connectivity index (χ0n) is 17.9. The molecule has 1 heterocycles. The number of fused-ring (bicyclic) bond motifs is 1. The van der Waals surface area contributed by atoms with Crippen molar-refractivity contribution in [1.29, 1.82) is 0 Å². The van der Waals surface area contributed by atoms with E-state index in [1.807, 2.05) is 50.2 Å². The Morgan fingerprint density at radius 3 is 2.35 bits per heavy atom. The number of hydrogen-bond acceptors (Lipinski definition) is 6. The maximum absolute atomic E-state index is 12.9. The van der Waals surface area contributed by atoms with E-state index in [1.165, 1.54) is 6.08 Å². The molecule has 0 unspecified atom stereocenters. The fraction of sp³-hybridized carbons (Fsp3) is 0.240. The lowest BCUT2D eigenvalue weighted by Crippen LogP contribution is -2.23. The van der Waals surface area contributed by atoms with Crippen LogP contribution in [0, 0.1) is 0 Å². The van der Waals surface area contributed by atoms with Crippen LogP contribution in [0.5, 0.6) is 0 Å². The van der Waals surface area contributed by atoms with Gasteiger partial charge in [-0.1, -0.05) is 36.4 Å². The Bertz CT molecular complexity index is 1170. The highest BCUT2D eigenvalue weighted by atomic mass is 16.5. The predicted octanol–water partition coefficient (Wildman–Crippen LogP) is 4.71. The van der Waals surface area contributed by atoms with E-state index in [9.17, 15) is 14.4 Å². The van der Waals surface area contributed by atoms with Gasteiger partial charge in [0.2, 0.25) is 0 Å². The summed E-state index contributed by atoms with van der Waals surface area (Å²) in [5.74, 6) is -1.34. The molecular formula is C25H25NO5. The normalized spacial score (nSPS) is 11.1. The van der Waals surface area contributed by atoms with Gasteiger partial charge in [-0.25, -0.2) is 9.59 Å². The lowest BCUT2D eigenvalue weighted by Gasteiger charge is -2.21. The number of nitrogens with zero attached hydrogens (tertiary/aromatic N) is 1. The van der Waals surface area contributed by atoms with E-state index >= 15 is 0 Å². The first-order valence-electron chi connectivity index (χ1n) is 10.3. The first-order valence-corrected chi connectivity index (χ1v) is 10.3. The average Bonchev–Trinajstić information content (AvgIpc) is 2.78. The number of esters is 1. The van der Waals surface area contributed by atoms with Crippen molar-refractivity contribution in [2.24, 2.45) is 0 Å². The van der Waals surface area contributed by atoms with Crippen LogP contribution >= 0.6 is 0 Å². The molecule has 0 fully saturated rings. The van der Waals surface area contributed by atoms with Crippen molar-refractivity contribution in [2.45, 2.75) is 20.8 Å². The summed E-state index contributed by atoms with van der Waals surface area (Å²) in [6.07, 6.45) is 2.85. The second-order valence-corrected chi connectivity index (χ2v) is 6.82. The van der Waals surface area contributed by atoms with E-state index in [0.717, 1.165) is 24.3 Å². The molecule has 0 atom stereocenters. The van der Waals surface area contributed by atoms with Crippen LogP contribution in [0.1, 0.15) is 47.1 Å². The highest BCUT2D eigenvalue weighted by Crippen LogP contribution is 2.26. The molecule has 0 aliphatic rings. The molecule has 3 aromatic rings. The highest BCUT2D eigenvalue weighted by molar-refractivity contribution is 6.17. The van der Waals surface area contributed by atoms with Gasteiger partial charge in [-0.15, -0.1) is 0 Å². The smallest absolute Gasteiger partial charge is 0.348 e. The van der Waals surface area contributed by atoms with Gasteiger partial charge in [-0.2, -0.15) is 0 Å². The number of anilines is 1. The molecule has 0 amide bonds. The molecule has 3 rings (SSSR count). The Morgan fingerprint density at radius 1 is 1.00 bits per heavy atom. The van der Waals surface area contributed by atoms with Gasteiger partial charge in [0, 0.05) is 30.2 Å². The molecular weight excluding hydrogens is 394 g/mol. The minimum atomic E-state index is -0.866. The van der Waals surface area contributed by atoms with Crippen LogP contribution in [-0.2, 0) is 4.74 Å². The second kappa shape index (κ2) is 9.89. The summed E-state index contributed by atoms with van der Waals surface area (Å²) >= 11 is 0. The lowest BCUT2D eigenvalue weighted by molar-refractivity contribution is 0.0525. The second-order valence-electron chi connectivity index (χ2n) is 6.82. The summed E-state index contributed by atoms with van der Waals surface area (Å²) in [7, 11) is 0. The van der Waals surface area contributed by atoms with E-state index in [-0.39, 0.29) is 23.3 Å². The summed E-state index contributed by atoms with van der Waals surface area (Å²) in [4.78, 5) is 40.6. The van der Waals surface area contributed by atoms with Gasteiger partial charge < -0.3 is 14.1 Å². The topological polar surface area (TPSA) is 76.8 Å². The zero-order valence-corrected chi connectivity index (χ0v) is 17.9. The Labute approximate surface area is 180 Å². The predicted molar refractivity (Wildman–Crippen MR) is 122 cm³/mol. The lowest BCUT2D eigenvalue weighted by atomic mass is 10.00. The number of ketones is 1. The Hall–Kier alpha value is -3.67. The monoisotopic (exact) mass is 419 g/mol. The van der Waals surface area contributed by atoms with Crippen LogP contribution in [0.4, 0.5) is 5.69 Å². The van der Waals surface area contributed by atoms with E-state index in [1.54, 1.807) is 25.1 Å². The van der Waals surface area contributed by atoms with Crippen LogP contribution in [-0.4, -0.2) is 31.4 Å². The first-order chi connectivity index (χ1) is 15.0. The molecule has 0 saturated heterocycles. The van der Waals surface area contributed by atoms with Crippen LogP contribution < -0.4 is 10.5 Å². The molecule has 6 nitrogen and oxygen atoms in total. The molecule has 160 valence electrons.